The second-order valence-corrected chi connectivity index (χ2v) is 6.11. The molecule has 0 saturated heterocycles. The quantitative estimate of drug-likeness (QED) is 0.868. The SMILES string of the molecule is Cc1ncc(CNC(=O)c2cc(Br)cnc2Cl)s1. The van der Waals surface area contributed by atoms with Crippen molar-refractivity contribution in [3.63, 3.8) is 0 Å². The average molecular weight is 347 g/mol. The molecule has 0 fully saturated rings. The van der Waals surface area contributed by atoms with Crippen LogP contribution < -0.4 is 5.32 Å². The molecule has 0 unspecified atom stereocenters. The minimum absolute atomic E-state index is 0.191. The molecule has 2 heterocycles. The highest BCUT2D eigenvalue weighted by Crippen LogP contribution is 2.18. The van der Waals surface area contributed by atoms with E-state index in [1.807, 2.05) is 6.92 Å². The first kappa shape index (κ1) is 13.5. The molecule has 0 bridgehead atoms. The van der Waals surface area contributed by atoms with Crippen molar-refractivity contribution in [2.75, 3.05) is 0 Å². The zero-order valence-electron chi connectivity index (χ0n) is 9.41. The molecule has 1 amide bonds. The Morgan fingerprint density at radius 1 is 1.50 bits per heavy atom. The second-order valence-electron chi connectivity index (χ2n) is 3.52. The predicted molar refractivity (Wildman–Crippen MR) is 75.0 cm³/mol. The Balaban J connectivity index is 2.05. The van der Waals surface area contributed by atoms with Crippen LogP contribution in [0.1, 0.15) is 20.2 Å². The fourth-order valence-electron chi connectivity index (χ4n) is 1.33. The minimum Gasteiger partial charge on any atom is -0.347 e. The van der Waals surface area contributed by atoms with E-state index >= 15 is 0 Å². The zero-order chi connectivity index (χ0) is 13.1. The molecule has 0 saturated carbocycles. The van der Waals surface area contributed by atoms with E-state index in [4.69, 9.17) is 11.6 Å². The van der Waals surface area contributed by atoms with Gasteiger partial charge in [-0.3, -0.25) is 4.79 Å². The van der Waals surface area contributed by atoms with E-state index in [-0.39, 0.29) is 11.1 Å². The van der Waals surface area contributed by atoms with Crippen molar-refractivity contribution < 1.29 is 4.79 Å². The summed E-state index contributed by atoms with van der Waals surface area (Å²) in [5.74, 6) is -0.250. The second kappa shape index (κ2) is 5.77. The largest absolute Gasteiger partial charge is 0.347 e. The van der Waals surface area contributed by atoms with Gasteiger partial charge in [0.2, 0.25) is 0 Å². The van der Waals surface area contributed by atoms with Crippen LogP contribution in [0.4, 0.5) is 0 Å². The van der Waals surface area contributed by atoms with Gasteiger partial charge < -0.3 is 5.32 Å². The van der Waals surface area contributed by atoms with Crippen LogP contribution in [0.15, 0.2) is 22.9 Å². The molecule has 4 nitrogen and oxygen atoms in total. The van der Waals surface area contributed by atoms with Gasteiger partial charge in [0.25, 0.3) is 5.91 Å². The highest BCUT2D eigenvalue weighted by Gasteiger charge is 2.12. The first-order valence-electron chi connectivity index (χ1n) is 5.07. The summed E-state index contributed by atoms with van der Waals surface area (Å²) in [6.45, 7) is 2.36. The molecular weight excluding hydrogens is 338 g/mol. The number of hydrogen-bond acceptors (Lipinski definition) is 4. The molecule has 0 aliphatic rings. The maximum atomic E-state index is 11.9. The highest BCUT2D eigenvalue weighted by molar-refractivity contribution is 9.10. The first-order chi connectivity index (χ1) is 8.56. The Hall–Kier alpha value is -0.980. The van der Waals surface area contributed by atoms with E-state index in [9.17, 15) is 4.79 Å². The molecule has 0 atom stereocenters. The maximum absolute atomic E-state index is 11.9. The van der Waals surface area contributed by atoms with Gasteiger partial charge in [-0.25, -0.2) is 9.97 Å². The van der Waals surface area contributed by atoms with Crippen LogP contribution in [0.2, 0.25) is 5.15 Å². The molecule has 2 aromatic heterocycles. The maximum Gasteiger partial charge on any atom is 0.254 e. The molecule has 2 rings (SSSR count). The van der Waals surface area contributed by atoms with Crippen LogP contribution in [-0.4, -0.2) is 15.9 Å². The molecule has 0 aliphatic carbocycles. The van der Waals surface area contributed by atoms with E-state index < -0.39 is 0 Å². The summed E-state index contributed by atoms with van der Waals surface area (Å²) < 4.78 is 0.714. The van der Waals surface area contributed by atoms with Gasteiger partial charge in [-0.1, -0.05) is 11.6 Å². The number of pyridine rings is 1. The van der Waals surface area contributed by atoms with E-state index in [1.165, 1.54) is 0 Å². The van der Waals surface area contributed by atoms with Crippen molar-refractivity contribution in [3.05, 3.63) is 43.5 Å². The van der Waals surface area contributed by atoms with E-state index in [0.717, 1.165) is 9.88 Å². The van der Waals surface area contributed by atoms with E-state index in [0.29, 0.717) is 16.6 Å². The molecule has 2 aromatic rings. The molecule has 18 heavy (non-hydrogen) atoms. The highest BCUT2D eigenvalue weighted by atomic mass is 79.9. The summed E-state index contributed by atoms with van der Waals surface area (Å²) in [5, 5.41) is 3.95. The molecule has 0 aromatic carbocycles. The number of carbonyl (C=O) groups excluding carboxylic acids is 1. The van der Waals surface area contributed by atoms with E-state index in [1.54, 1.807) is 29.8 Å². The summed E-state index contributed by atoms with van der Waals surface area (Å²) in [6.07, 6.45) is 3.30. The molecule has 0 aliphatic heterocycles. The van der Waals surface area contributed by atoms with Gasteiger partial charge in [0, 0.05) is 21.7 Å². The standard InChI is InChI=1S/C11H9BrClN3OS/c1-6-14-4-8(18-6)5-16-11(17)9-2-7(12)3-15-10(9)13/h2-4H,5H2,1H3,(H,16,17). The van der Waals surface area contributed by atoms with Crippen molar-refractivity contribution >= 4 is 44.8 Å². The summed E-state index contributed by atoms with van der Waals surface area (Å²) in [4.78, 5) is 21.0. The van der Waals surface area contributed by atoms with Gasteiger partial charge in [-0.05, 0) is 28.9 Å². The fourth-order valence-corrected chi connectivity index (χ4v) is 2.59. The van der Waals surface area contributed by atoms with Gasteiger partial charge in [0.15, 0.2) is 0 Å². The Morgan fingerprint density at radius 3 is 2.94 bits per heavy atom. The lowest BCUT2D eigenvalue weighted by Crippen LogP contribution is -2.22. The minimum atomic E-state index is -0.250. The number of thiazole rings is 1. The molecule has 0 spiro atoms. The number of aromatic nitrogens is 2. The molecule has 1 N–H and O–H groups in total. The van der Waals surface area contributed by atoms with Crippen molar-refractivity contribution in [1.82, 2.24) is 15.3 Å². The van der Waals surface area contributed by atoms with Crippen molar-refractivity contribution in [2.45, 2.75) is 13.5 Å². The monoisotopic (exact) mass is 345 g/mol. The topological polar surface area (TPSA) is 54.9 Å². The average Bonchev–Trinajstić information content (AvgIpc) is 2.75. The summed E-state index contributed by atoms with van der Waals surface area (Å²) in [5.41, 5.74) is 0.354. The van der Waals surface area contributed by atoms with Gasteiger partial charge in [-0.2, -0.15) is 0 Å². The Kier molecular flexibility index (Phi) is 4.31. The third kappa shape index (κ3) is 3.28. The smallest absolute Gasteiger partial charge is 0.254 e. The number of nitrogens with zero attached hydrogens (tertiary/aromatic N) is 2. The van der Waals surface area contributed by atoms with Crippen LogP contribution in [-0.2, 0) is 6.54 Å². The number of nitrogens with one attached hydrogen (secondary N) is 1. The van der Waals surface area contributed by atoms with Gasteiger partial charge in [0.1, 0.15) is 5.15 Å². The Labute approximate surface area is 122 Å². The third-order valence-electron chi connectivity index (χ3n) is 2.14. The van der Waals surface area contributed by atoms with Crippen LogP contribution in [0.25, 0.3) is 0 Å². The van der Waals surface area contributed by atoms with E-state index in [2.05, 4.69) is 31.2 Å². The molecule has 0 radical (unpaired) electrons. The number of aryl methyl sites for hydroxylation is 1. The number of rotatable bonds is 3. The van der Waals surface area contributed by atoms with Crippen molar-refractivity contribution in [1.29, 1.82) is 0 Å². The van der Waals surface area contributed by atoms with Crippen LogP contribution >= 0.6 is 38.9 Å². The van der Waals surface area contributed by atoms with Crippen LogP contribution in [0, 0.1) is 6.92 Å². The number of hydrogen-bond donors (Lipinski definition) is 1. The van der Waals surface area contributed by atoms with Crippen LogP contribution in [0.3, 0.4) is 0 Å². The summed E-state index contributed by atoms with van der Waals surface area (Å²) in [6, 6.07) is 1.64. The van der Waals surface area contributed by atoms with Crippen LogP contribution in [0.5, 0.6) is 0 Å². The normalized spacial score (nSPS) is 10.4. The lowest BCUT2D eigenvalue weighted by molar-refractivity contribution is 0.0951. The summed E-state index contributed by atoms with van der Waals surface area (Å²) in [7, 11) is 0. The molecule has 7 heteroatoms. The Morgan fingerprint density at radius 2 is 2.28 bits per heavy atom. The number of amides is 1. The zero-order valence-corrected chi connectivity index (χ0v) is 12.6. The summed E-state index contributed by atoms with van der Waals surface area (Å²) >= 11 is 10.7. The predicted octanol–water partition coefficient (Wildman–Crippen LogP) is 3.19. The number of carbonyl (C=O) groups is 1. The number of halogens is 2. The molecule has 94 valence electrons. The van der Waals surface area contributed by atoms with Crippen molar-refractivity contribution in [2.24, 2.45) is 0 Å². The Bertz CT molecular complexity index is 587. The fraction of sp³-hybridized carbons (Fsp3) is 0.182. The van der Waals surface area contributed by atoms with Gasteiger partial charge >= 0.3 is 0 Å². The lowest BCUT2D eigenvalue weighted by Gasteiger charge is -2.05. The lowest BCUT2D eigenvalue weighted by atomic mass is 10.2. The van der Waals surface area contributed by atoms with Gasteiger partial charge in [-0.15, -0.1) is 11.3 Å². The van der Waals surface area contributed by atoms with Crippen molar-refractivity contribution in [3.8, 4) is 0 Å². The molecular formula is C11H9BrClN3OS. The first-order valence-corrected chi connectivity index (χ1v) is 7.05. The third-order valence-corrected chi connectivity index (χ3v) is 3.79. The van der Waals surface area contributed by atoms with Gasteiger partial charge in [0.05, 0.1) is 17.1 Å².